The zero-order valence-corrected chi connectivity index (χ0v) is 45.6. The minimum atomic E-state index is -1.79. The molecule has 0 aliphatic carbocycles. The van der Waals surface area contributed by atoms with Gasteiger partial charge in [0.25, 0.3) is 0 Å². The van der Waals surface area contributed by atoms with E-state index in [1.165, 1.54) is 24.7 Å². The van der Waals surface area contributed by atoms with Crippen LogP contribution in [0, 0.1) is 11.8 Å². The summed E-state index contributed by atoms with van der Waals surface area (Å²) in [5.41, 5.74) is 34.7. The van der Waals surface area contributed by atoms with E-state index in [0.29, 0.717) is 25.0 Å². The Labute approximate surface area is 459 Å². The van der Waals surface area contributed by atoms with Crippen molar-refractivity contribution in [1.82, 2.24) is 47.2 Å². The molecule has 2 aromatic rings. The molecule has 0 spiro atoms. The second-order valence-corrected chi connectivity index (χ2v) is 19.3. The summed E-state index contributed by atoms with van der Waals surface area (Å²) in [5, 5.41) is 38.5. The first-order chi connectivity index (χ1) is 37.4. The van der Waals surface area contributed by atoms with Crippen LogP contribution in [0.5, 0.6) is 0 Å². The van der Waals surface area contributed by atoms with Gasteiger partial charge in [-0.25, -0.2) is 9.78 Å². The molecule has 7 amide bonds. The highest BCUT2D eigenvalue weighted by Crippen LogP contribution is 2.23. The van der Waals surface area contributed by atoms with E-state index < -0.39 is 120 Å². The maximum atomic E-state index is 14.4. The average molecular weight is 1110 g/mol. The number of benzene rings is 1. The van der Waals surface area contributed by atoms with E-state index in [0.717, 1.165) is 6.92 Å². The van der Waals surface area contributed by atoms with Crippen molar-refractivity contribution in [3.8, 4) is 0 Å². The Kier molecular flexibility index (Phi) is 30.2. The number of unbranched alkanes of at least 4 members (excludes halogenated alkanes) is 1. The molecule has 0 unspecified atom stereocenters. The number of carboxylic acid groups (broad SMARTS) is 1. The van der Waals surface area contributed by atoms with Crippen molar-refractivity contribution < 1.29 is 58.1 Å². The van der Waals surface area contributed by atoms with Crippen LogP contribution in [0.4, 0.5) is 0 Å². The van der Waals surface area contributed by atoms with Crippen molar-refractivity contribution in [1.29, 1.82) is 0 Å². The van der Waals surface area contributed by atoms with E-state index in [4.69, 9.17) is 39.1 Å². The number of aliphatic imine (C=N–C) groups is 2. The number of aromatic amines is 1. The number of nitrogens with one attached hydrogen (secondary N) is 8. The van der Waals surface area contributed by atoms with E-state index in [1.807, 2.05) is 0 Å². The highest BCUT2D eigenvalue weighted by Gasteiger charge is 2.39. The van der Waals surface area contributed by atoms with Gasteiger partial charge >= 0.3 is 11.9 Å². The summed E-state index contributed by atoms with van der Waals surface area (Å²) in [6.45, 7) is 7.42. The number of aliphatic hydroxyl groups is 1. The first-order valence-electron chi connectivity index (χ1n) is 26.1. The van der Waals surface area contributed by atoms with Gasteiger partial charge in [-0.1, -0.05) is 64.4 Å². The summed E-state index contributed by atoms with van der Waals surface area (Å²) < 4.78 is 5.38. The number of aromatic nitrogens is 2. The Morgan fingerprint density at radius 1 is 0.658 bits per heavy atom. The van der Waals surface area contributed by atoms with Gasteiger partial charge in [0, 0.05) is 38.3 Å². The first kappa shape index (κ1) is 67.2. The number of hydrogen-bond acceptors (Lipinski definition) is 16. The van der Waals surface area contributed by atoms with Crippen LogP contribution < -0.4 is 71.6 Å². The maximum absolute atomic E-state index is 14.4. The normalized spacial score (nSPS) is 14.8. The van der Waals surface area contributed by atoms with Crippen molar-refractivity contribution >= 4 is 65.2 Å². The highest BCUT2D eigenvalue weighted by molar-refractivity contribution is 5.98. The number of esters is 1. The lowest BCUT2D eigenvalue weighted by atomic mass is 9.95. The Balaban J connectivity index is 2.50. The molecular weight excluding hydrogens is 1030 g/mol. The number of guanidine groups is 2. The number of amides is 7. The third-order valence-electron chi connectivity index (χ3n) is 12.3. The Bertz CT molecular complexity index is 2330. The van der Waals surface area contributed by atoms with Gasteiger partial charge in [-0.3, -0.25) is 48.3 Å². The van der Waals surface area contributed by atoms with Gasteiger partial charge in [0.05, 0.1) is 19.0 Å². The molecule has 10 atom stereocenters. The molecule has 1 aromatic carbocycles. The Hall–Kier alpha value is -7.92. The van der Waals surface area contributed by atoms with Gasteiger partial charge in [0.15, 0.2) is 24.1 Å². The Morgan fingerprint density at radius 3 is 1.58 bits per heavy atom. The molecule has 1 aromatic heterocycles. The number of carbonyl (C=O) groups is 9. The topological polar surface area (TPSA) is 497 Å². The lowest BCUT2D eigenvalue weighted by molar-refractivity contribution is -0.156. The zero-order valence-electron chi connectivity index (χ0n) is 45.6. The van der Waals surface area contributed by atoms with Crippen LogP contribution in [-0.4, -0.2) is 160 Å². The SMILES string of the molecule is CC[C@H](C)[C@H](NC(=O)[C@H](CC(C)C)NC(=O)[C@H](CCCN=C(N)N)NC(=O)[C@H](CCCN=C(N)N)NC(=O)[C@H](CCCCN)NC(=O)[C@H](CO)NC(=O)[C@@H](N)Cc1cnc[nH]1)C(=O)N[C@H](C(=O)O)[C@H](OC(C)=O)c1ccccc1. The number of carbonyl (C=O) groups excluding carboxylic acids is 8. The minimum absolute atomic E-state index is 0.000148. The van der Waals surface area contributed by atoms with Crippen molar-refractivity contribution in [2.75, 3.05) is 26.2 Å². The minimum Gasteiger partial charge on any atom is -0.480 e. The summed E-state index contributed by atoms with van der Waals surface area (Å²) in [5.74, 6) is -9.74. The summed E-state index contributed by atoms with van der Waals surface area (Å²) in [4.78, 5) is 137. The molecule has 29 nitrogen and oxygen atoms in total. The number of carboxylic acids is 1. The number of hydrogen-bond donors (Lipinski definition) is 16. The van der Waals surface area contributed by atoms with Gasteiger partial charge < -0.3 is 91.6 Å². The molecule has 2 rings (SSSR count). The van der Waals surface area contributed by atoms with Crippen LogP contribution in [0.15, 0.2) is 52.8 Å². The lowest BCUT2D eigenvalue weighted by Crippen LogP contribution is -2.61. The molecule has 0 saturated carbocycles. The molecular formula is C50H83N17O12. The van der Waals surface area contributed by atoms with Gasteiger partial charge in [-0.05, 0) is 75.3 Å². The second-order valence-electron chi connectivity index (χ2n) is 19.3. The number of aliphatic hydroxyl groups excluding tert-OH is 1. The van der Waals surface area contributed by atoms with Crippen LogP contribution >= 0.6 is 0 Å². The molecule has 29 heteroatoms. The average Bonchev–Trinajstić information content (AvgIpc) is 3.93. The van der Waals surface area contributed by atoms with E-state index in [2.05, 4.69) is 57.2 Å². The van der Waals surface area contributed by atoms with Gasteiger partial charge in [-0.2, -0.15) is 0 Å². The smallest absolute Gasteiger partial charge is 0.330 e. The lowest BCUT2D eigenvalue weighted by Gasteiger charge is -2.31. The molecule has 440 valence electrons. The monoisotopic (exact) mass is 1110 g/mol. The number of rotatable bonds is 37. The number of nitrogens with two attached hydrogens (primary N) is 6. The molecule has 22 N–H and O–H groups in total. The van der Waals surface area contributed by atoms with Crippen molar-refractivity contribution in [2.24, 2.45) is 56.2 Å². The standard InChI is InChI=1S/C50H83N17O12/c1-6-28(4)38(47(76)67-39(48(77)78)40(79-29(5)69)30-14-8-7-9-15-30)66-45(74)36(22-27(2)3)64-44(73)35(18-13-21-59-50(55)56)62-43(72)34(17-12-20-58-49(53)54)61-42(71)33(16-10-11-19-51)63-46(75)37(25-68)65-41(70)32(52)23-31-24-57-26-60-31/h7-9,14-15,24,26-28,32-40,68H,6,10-13,16-23,25,51-52H2,1-5H3,(H,57,60)(H,61,71)(H,62,72)(H,63,75)(H,64,73)(H,65,70)(H,66,74)(H,67,76)(H,77,78)(H4,53,54,58)(H4,55,56,59)/t28-,32-,33-,34-,35-,36-,37-,38-,39-,40+/m0/s1. The zero-order chi connectivity index (χ0) is 59.2. The fourth-order valence-corrected chi connectivity index (χ4v) is 7.91. The van der Waals surface area contributed by atoms with Crippen LogP contribution in [0.1, 0.15) is 110 Å². The molecule has 79 heavy (non-hydrogen) atoms. The van der Waals surface area contributed by atoms with Gasteiger partial charge in [-0.15, -0.1) is 0 Å². The van der Waals surface area contributed by atoms with Crippen LogP contribution in [0.25, 0.3) is 0 Å². The second kappa shape index (κ2) is 35.5. The van der Waals surface area contributed by atoms with Crippen LogP contribution in [0.2, 0.25) is 0 Å². The molecule has 0 aliphatic rings. The highest BCUT2D eigenvalue weighted by atomic mass is 16.5. The number of ether oxygens (including phenoxy) is 1. The van der Waals surface area contributed by atoms with Crippen LogP contribution in [0.3, 0.4) is 0 Å². The van der Waals surface area contributed by atoms with Crippen molar-refractivity contribution in [2.45, 2.75) is 153 Å². The quantitative estimate of drug-likeness (QED) is 0.0134. The fourth-order valence-electron chi connectivity index (χ4n) is 7.91. The van der Waals surface area contributed by atoms with Gasteiger partial charge in [0.2, 0.25) is 41.4 Å². The molecule has 0 fully saturated rings. The third kappa shape index (κ3) is 25.0. The van der Waals surface area contributed by atoms with Crippen molar-refractivity contribution in [3.63, 3.8) is 0 Å². The van der Waals surface area contributed by atoms with E-state index in [9.17, 15) is 53.4 Å². The number of nitrogens with zero attached hydrogens (tertiary/aromatic N) is 3. The summed E-state index contributed by atoms with van der Waals surface area (Å²) in [6.07, 6.45) is 2.53. The fraction of sp³-hybridized carbons (Fsp3) is 0.600. The first-order valence-corrected chi connectivity index (χ1v) is 26.1. The van der Waals surface area contributed by atoms with E-state index >= 15 is 0 Å². The van der Waals surface area contributed by atoms with Crippen LogP contribution in [-0.2, 0) is 54.3 Å². The third-order valence-corrected chi connectivity index (χ3v) is 12.3. The molecule has 1 heterocycles. The number of H-pyrrole nitrogens is 1. The molecule has 0 radical (unpaired) electrons. The summed E-state index contributed by atoms with van der Waals surface area (Å²) in [7, 11) is 0. The summed E-state index contributed by atoms with van der Waals surface area (Å²) in [6, 6.07) is -3.45. The predicted molar refractivity (Wildman–Crippen MR) is 291 cm³/mol. The molecule has 0 aliphatic heterocycles. The molecule has 0 bridgehead atoms. The largest absolute Gasteiger partial charge is 0.480 e. The maximum Gasteiger partial charge on any atom is 0.330 e. The van der Waals surface area contributed by atoms with Gasteiger partial charge in [0.1, 0.15) is 36.3 Å². The van der Waals surface area contributed by atoms with E-state index in [1.54, 1.807) is 45.9 Å². The number of imidazole rings is 1. The molecule has 0 saturated heterocycles. The predicted octanol–water partition coefficient (Wildman–Crippen LogP) is -3.62. The Morgan fingerprint density at radius 2 is 1.14 bits per heavy atom. The summed E-state index contributed by atoms with van der Waals surface area (Å²) >= 11 is 0. The van der Waals surface area contributed by atoms with E-state index in [-0.39, 0.29) is 88.0 Å². The number of aliphatic carboxylic acids is 1. The van der Waals surface area contributed by atoms with Crippen molar-refractivity contribution in [3.05, 3.63) is 54.1 Å².